The Morgan fingerprint density at radius 2 is 1.75 bits per heavy atom. The maximum Gasteiger partial charge on any atom is 0.241 e. The number of fused-ring (bicyclic) bond motifs is 3. The van der Waals surface area contributed by atoms with Crippen LogP contribution in [0.5, 0.6) is 0 Å². The number of nitrogens with zero attached hydrogens (tertiary/aromatic N) is 2. The molecule has 4 fully saturated rings. The van der Waals surface area contributed by atoms with E-state index in [0.717, 1.165) is 43.7 Å². The normalized spacial score (nSPS) is 32.9. The summed E-state index contributed by atoms with van der Waals surface area (Å²) >= 11 is 0. The van der Waals surface area contributed by atoms with Crippen molar-refractivity contribution in [3.05, 3.63) is 30.3 Å². The largest absolute Gasteiger partial charge is 0.339 e. The molecule has 2 aliphatic heterocycles. The van der Waals surface area contributed by atoms with Crippen LogP contribution in [0.4, 0.5) is 5.69 Å². The molecule has 4 nitrogen and oxygen atoms in total. The van der Waals surface area contributed by atoms with Crippen LogP contribution < -0.4 is 10.2 Å². The Morgan fingerprint density at radius 1 is 0.964 bits per heavy atom. The Labute approximate surface area is 169 Å². The summed E-state index contributed by atoms with van der Waals surface area (Å²) in [7, 11) is 0. The molecule has 1 N–H and O–H groups in total. The number of carbonyl (C=O) groups excluding carboxylic acids is 1. The molecule has 152 valence electrons. The number of hydrogen-bond donors (Lipinski definition) is 1. The van der Waals surface area contributed by atoms with Crippen LogP contribution in [0, 0.1) is 17.8 Å². The summed E-state index contributed by atoms with van der Waals surface area (Å²) in [6.45, 7) is 4.00. The fourth-order valence-corrected chi connectivity index (χ4v) is 6.53. The van der Waals surface area contributed by atoms with E-state index in [0.29, 0.717) is 6.54 Å². The van der Waals surface area contributed by atoms with Crippen molar-refractivity contribution in [1.82, 2.24) is 10.2 Å². The molecule has 0 aromatic heterocycles. The number of benzene rings is 1. The summed E-state index contributed by atoms with van der Waals surface area (Å²) in [6.07, 6.45) is 12.4. The zero-order chi connectivity index (χ0) is 19.0. The zero-order valence-corrected chi connectivity index (χ0v) is 17.1. The van der Waals surface area contributed by atoms with Gasteiger partial charge in [-0.2, -0.15) is 0 Å². The molecule has 1 spiro atoms. The molecule has 4 heteroatoms. The third-order valence-corrected chi connectivity index (χ3v) is 8.18. The van der Waals surface area contributed by atoms with Gasteiger partial charge in [0.25, 0.3) is 0 Å². The van der Waals surface area contributed by atoms with Crippen molar-refractivity contribution in [3.8, 4) is 0 Å². The predicted octanol–water partition coefficient (Wildman–Crippen LogP) is 4.02. The monoisotopic (exact) mass is 381 g/mol. The standard InChI is InChI=1S/C24H35N3O/c28-23-18-27(22-7-2-1-3-8-22)24(25-23)13-15-26(16-14-24)17-21-12-10-19-5-4-6-20(21)11-9-19/h1-3,7-8,19-21H,4-6,9-18H2,(H,25,28). The first kappa shape index (κ1) is 18.5. The lowest BCUT2D eigenvalue weighted by atomic mass is 9.82. The molecule has 1 amide bonds. The minimum Gasteiger partial charge on any atom is -0.339 e. The van der Waals surface area contributed by atoms with Crippen LogP contribution in [0.2, 0.25) is 0 Å². The minimum atomic E-state index is -0.172. The van der Waals surface area contributed by atoms with E-state index in [-0.39, 0.29) is 11.6 Å². The average molecular weight is 382 g/mol. The van der Waals surface area contributed by atoms with Crippen LogP contribution in [0.15, 0.2) is 30.3 Å². The fourth-order valence-electron chi connectivity index (χ4n) is 6.53. The second kappa shape index (κ2) is 7.70. The van der Waals surface area contributed by atoms with Gasteiger partial charge in [-0.25, -0.2) is 0 Å². The first-order valence-corrected chi connectivity index (χ1v) is 11.6. The van der Waals surface area contributed by atoms with Crippen molar-refractivity contribution in [2.45, 2.75) is 63.5 Å². The van der Waals surface area contributed by atoms with Crippen LogP contribution in [-0.4, -0.2) is 42.6 Å². The molecule has 2 aliphatic carbocycles. The Morgan fingerprint density at radius 3 is 2.57 bits per heavy atom. The molecule has 1 aromatic rings. The van der Waals surface area contributed by atoms with E-state index in [1.807, 2.05) is 6.07 Å². The van der Waals surface area contributed by atoms with E-state index in [1.54, 1.807) is 0 Å². The van der Waals surface area contributed by atoms with Crippen LogP contribution in [-0.2, 0) is 4.79 Å². The number of carbonyl (C=O) groups is 1. The Balaban J connectivity index is 1.24. The molecule has 1 aromatic carbocycles. The topological polar surface area (TPSA) is 35.6 Å². The van der Waals surface area contributed by atoms with E-state index in [4.69, 9.17) is 0 Å². The number of amides is 1. The zero-order valence-electron chi connectivity index (χ0n) is 17.1. The molecule has 3 unspecified atom stereocenters. The lowest BCUT2D eigenvalue weighted by molar-refractivity contribution is -0.119. The van der Waals surface area contributed by atoms with Gasteiger partial charge in [-0.3, -0.25) is 4.79 Å². The number of rotatable bonds is 3. The fraction of sp³-hybridized carbons (Fsp3) is 0.708. The van der Waals surface area contributed by atoms with Gasteiger partial charge in [0, 0.05) is 38.2 Å². The van der Waals surface area contributed by atoms with E-state index < -0.39 is 0 Å². The highest BCUT2D eigenvalue weighted by Gasteiger charge is 2.46. The summed E-state index contributed by atoms with van der Waals surface area (Å²) < 4.78 is 0. The van der Waals surface area contributed by atoms with Gasteiger partial charge in [-0.05, 0) is 42.7 Å². The number of para-hydroxylation sites is 1. The highest BCUT2D eigenvalue weighted by Crippen LogP contribution is 2.41. The Bertz CT molecular complexity index is 682. The molecule has 0 radical (unpaired) electrons. The van der Waals surface area contributed by atoms with Gasteiger partial charge >= 0.3 is 0 Å². The summed E-state index contributed by atoms with van der Waals surface area (Å²) in [4.78, 5) is 17.3. The smallest absolute Gasteiger partial charge is 0.241 e. The first-order valence-electron chi connectivity index (χ1n) is 11.6. The van der Waals surface area contributed by atoms with Gasteiger partial charge in [-0.1, -0.05) is 50.3 Å². The third kappa shape index (κ3) is 3.56. The molecule has 2 bridgehead atoms. The van der Waals surface area contributed by atoms with E-state index in [2.05, 4.69) is 39.4 Å². The molecular weight excluding hydrogens is 346 g/mol. The molecule has 2 heterocycles. The van der Waals surface area contributed by atoms with Gasteiger partial charge in [0.15, 0.2) is 0 Å². The Kier molecular flexibility index (Phi) is 5.08. The lowest BCUT2D eigenvalue weighted by Gasteiger charge is -2.46. The van der Waals surface area contributed by atoms with Crippen LogP contribution in [0.3, 0.4) is 0 Å². The number of anilines is 1. The van der Waals surface area contributed by atoms with Crippen LogP contribution in [0.1, 0.15) is 57.8 Å². The highest BCUT2D eigenvalue weighted by molar-refractivity contribution is 5.86. The molecule has 5 rings (SSSR count). The van der Waals surface area contributed by atoms with Crippen molar-refractivity contribution in [3.63, 3.8) is 0 Å². The van der Waals surface area contributed by atoms with E-state index in [9.17, 15) is 4.79 Å². The molecule has 28 heavy (non-hydrogen) atoms. The Hall–Kier alpha value is -1.55. The summed E-state index contributed by atoms with van der Waals surface area (Å²) in [5.41, 5.74) is 1.00. The van der Waals surface area contributed by atoms with Crippen molar-refractivity contribution < 1.29 is 4.79 Å². The van der Waals surface area contributed by atoms with Crippen LogP contribution in [0.25, 0.3) is 0 Å². The number of nitrogens with one attached hydrogen (secondary N) is 1. The average Bonchev–Trinajstić information content (AvgIpc) is 2.88. The van der Waals surface area contributed by atoms with Crippen molar-refractivity contribution in [1.29, 1.82) is 0 Å². The van der Waals surface area contributed by atoms with Gasteiger partial charge < -0.3 is 15.1 Å². The molecular formula is C24H35N3O. The second-order valence-electron chi connectivity index (χ2n) is 9.77. The van der Waals surface area contributed by atoms with Gasteiger partial charge in [0.05, 0.1) is 6.54 Å². The minimum absolute atomic E-state index is 0.172. The number of likely N-dealkylation sites (tertiary alicyclic amines) is 1. The summed E-state index contributed by atoms with van der Waals surface area (Å²) in [5.74, 6) is 3.07. The van der Waals surface area contributed by atoms with Gasteiger partial charge in [0.1, 0.15) is 5.66 Å². The molecule has 2 saturated carbocycles. The van der Waals surface area contributed by atoms with E-state index >= 15 is 0 Å². The second-order valence-corrected chi connectivity index (χ2v) is 9.77. The molecule has 3 atom stereocenters. The first-order chi connectivity index (χ1) is 13.7. The van der Waals surface area contributed by atoms with E-state index in [1.165, 1.54) is 57.2 Å². The maximum absolute atomic E-state index is 12.3. The summed E-state index contributed by atoms with van der Waals surface area (Å²) in [5, 5.41) is 3.35. The maximum atomic E-state index is 12.3. The number of piperidine rings is 1. The van der Waals surface area contributed by atoms with Crippen molar-refractivity contribution >= 4 is 11.6 Å². The predicted molar refractivity (Wildman–Crippen MR) is 113 cm³/mol. The number of hydrogen-bond acceptors (Lipinski definition) is 3. The van der Waals surface area contributed by atoms with Gasteiger partial charge in [-0.15, -0.1) is 0 Å². The SMILES string of the molecule is O=C1CN(c2ccccc2)C2(CCN(CC3CCC4CCCC3CC4)CC2)N1. The highest BCUT2D eigenvalue weighted by atomic mass is 16.2. The van der Waals surface area contributed by atoms with Crippen molar-refractivity contribution in [2.24, 2.45) is 17.8 Å². The summed E-state index contributed by atoms with van der Waals surface area (Å²) in [6, 6.07) is 10.5. The van der Waals surface area contributed by atoms with Crippen LogP contribution >= 0.6 is 0 Å². The quantitative estimate of drug-likeness (QED) is 0.859. The molecule has 4 aliphatic rings. The lowest BCUT2D eigenvalue weighted by Crippen LogP contribution is -2.59. The third-order valence-electron chi connectivity index (χ3n) is 8.18. The van der Waals surface area contributed by atoms with Gasteiger partial charge in [0.2, 0.25) is 5.91 Å². The van der Waals surface area contributed by atoms with Crippen molar-refractivity contribution in [2.75, 3.05) is 31.1 Å². The molecule has 2 saturated heterocycles.